The molecular weight excluding hydrogens is 627 g/mol. The topological polar surface area (TPSA) is 121 Å². The molecule has 0 fully saturated rings. The van der Waals surface area contributed by atoms with Crippen molar-refractivity contribution in [1.29, 1.82) is 10.5 Å². The first-order chi connectivity index (χ1) is 24.9. The maximum absolute atomic E-state index is 9.52. The molecule has 246 valence electrons. The smallest absolute Gasteiger partial charge is 0.0991 e. The van der Waals surface area contributed by atoms with E-state index >= 15 is 0 Å². The number of fused-ring (bicyclic) bond motifs is 11. The van der Waals surface area contributed by atoms with E-state index in [4.69, 9.17) is 9.97 Å². The zero-order valence-corrected chi connectivity index (χ0v) is 28.9. The van der Waals surface area contributed by atoms with Gasteiger partial charge in [0.1, 0.15) is 0 Å². The molecule has 6 heterocycles. The van der Waals surface area contributed by atoms with Crippen LogP contribution >= 0.6 is 0 Å². The minimum absolute atomic E-state index is 0.596. The van der Waals surface area contributed by atoms with Crippen LogP contribution in [0, 0.1) is 29.6 Å². The number of hydrogen-bond donors (Lipinski definition) is 3. The summed E-state index contributed by atoms with van der Waals surface area (Å²) in [7, 11) is 0. The van der Waals surface area contributed by atoms with Gasteiger partial charge < -0.3 is 15.0 Å². The first-order valence-electron chi connectivity index (χ1n) is 17.2. The monoisotopic (exact) mass is 661 g/mol. The Morgan fingerprint density at radius 1 is 0.608 bits per heavy atom. The molecule has 0 saturated carbocycles. The predicted molar refractivity (Wildman–Crippen MR) is 208 cm³/mol. The van der Waals surface area contributed by atoms with Crippen LogP contribution in [-0.4, -0.2) is 24.9 Å². The summed E-state index contributed by atoms with van der Waals surface area (Å²) in [6.07, 6.45) is 5.84. The molecule has 0 atom stereocenters. The van der Waals surface area contributed by atoms with E-state index in [1.165, 1.54) is 22.3 Å². The lowest BCUT2D eigenvalue weighted by Gasteiger charge is -2.05. The fraction of sp³-hybridized carbons (Fsp3) is 0.136. The second kappa shape index (κ2) is 12.6. The molecule has 2 aromatic carbocycles. The van der Waals surface area contributed by atoms with Crippen LogP contribution in [0.3, 0.4) is 0 Å². The van der Waals surface area contributed by atoms with E-state index in [0.29, 0.717) is 11.1 Å². The molecule has 0 aliphatic carbocycles. The molecule has 0 amide bonds. The Kier molecular flexibility index (Phi) is 7.82. The minimum atomic E-state index is 0.596. The highest BCUT2D eigenvalue weighted by molar-refractivity contribution is 5.98. The van der Waals surface area contributed by atoms with E-state index in [1.807, 2.05) is 60.7 Å². The van der Waals surface area contributed by atoms with Gasteiger partial charge >= 0.3 is 0 Å². The average molecular weight is 662 g/mol. The predicted octanol–water partition coefficient (Wildman–Crippen LogP) is 10.8. The molecule has 7 nitrogen and oxygen atoms in total. The Bertz CT molecular complexity index is 2730. The molecule has 3 N–H and O–H groups in total. The van der Waals surface area contributed by atoms with Gasteiger partial charge in [0, 0.05) is 38.7 Å². The normalized spacial score (nSPS) is 12.3. The van der Waals surface area contributed by atoms with Gasteiger partial charge in [-0.3, -0.25) is 0 Å². The Hall–Kier alpha value is -6.70. The van der Waals surface area contributed by atoms with Crippen molar-refractivity contribution in [3.05, 3.63) is 130 Å². The molecule has 2 aliphatic heterocycles. The average Bonchev–Trinajstić information content (AvgIpc) is 4.00. The minimum Gasteiger partial charge on any atom is -0.355 e. The van der Waals surface area contributed by atoms with Gasteiger partial charge in [-0.25, -0.2) is 9.97 Å². The lowest BCUT2D eigenvalue weighted by molar-refractivity contribution is 1.14. The Balaban J connectivity index is 1.53. The quantitative estimate of drug-likeness (QED) is 0.174. The van der Waals surface area contributed by atoms with Gasteiger partial charge in [-0.2, -0.15) is 10.5 Å². The molecule has 0 spiro atoms. The molecule has 2 aliphatic rings. The summed E-state index contributed by atoms with van der Waals surface area (Å²) >= 11 is 0. The third-order valence-electron chi connectivity index (χ3n) is 10.0. The standard InChI is InChI=1S/C44H35N7/c1-5-33-25(3)43-44-26(4)34(6-2)40(51-44)22-32-16-18-36(48-32)42(30-13-9-28(24-46)10-14-30)38-20-19-37(49-38)41(29-11-7-27(23-45)8-12-29)35-17-15-31(47-35)21-39(33)50-43/h7-22,47-48,50H,5-6H2,1-4H3. The van der Waals surface area contributed by atoms with E-state index in [9.17, 15) is 10.5 Å². The van der Waals surface area contributed by atoms with Gasteiger partial charge in [0.25, 0.3) is 0 Å². The van der Waals surface area contributed by atoms with E-state index in [2.05, 4.69) is 91.2 Å². The maximum Gasteiger partial charge on any atom is 0.0991 e. The van der Waals surface area contributed by atoms with Crippen molar-refractivity contribution in [2.24, 2.45) is 0 Å². The third kappa shape index (κ3) is 5.46. The summed E-state index contributed by atoms with van der Waals surface area (Å²) in [6.45, 7) is 8.74. The van der Waals surface area contributed by atoms with Crippen LogP contribution in [-0.2, 0) is 6.42 Å². The van der Waals surface area contributed by atoms with E-state index in [0.717, 1.165) is 91.0 Å². The van der Waals surface area contributed by atoms with Crippen molar-refractivity contribution in [3.8, 4) is 34.4 Å². The van der Waals surface area contributed by atoms with Crippen molar-refractivity contribution < 1.29 is 0 Å². The van der Waals surface area contributed by atoms with Crippen molar-refractivity contribution in [2.45, 2.75) is 40.5 Å². The number of hydrogen-bond acceptors (Lipinski definition) is 4. The molecule has 0 saturated heterocycles. The number of aryl methyl sites for hydroxylation is 2. The molecule has 6 aromatic rings. The molecule has 51 heavy (non-hydrogen) atoms. The second-order valence-electron chi connectivity index (χ2n) is 13.0. The number of rotatable bonds is 4. The van der Waals surface area contributed by atoms with Gasteiger partial charge in [-0.1, -0.05) is 38.1 Å². The number of H-pyrrole nitrogens is 3. The van der Waals surface area contributed by atoms with Gasteiger partial charge in [0.05, 0.1) is 51.6 Å². The molecule has 7 heteroatoms. The summed E-state index contributed by atoms with van der Waals surface area (Å²) in [5.74, 6) is 0. The van der Waals surface area contributed by atoms with Crippen LogP contribution in [0.15, 0.2) is 84.9 Å². The first-order valence-corrected chi connectivity index (χ1v) is 17.2. The van der Waals surface area contributed by atoms with Crippen molar-refractivity contribution >= 4 is 56.4 Å². The molecule has 0 radical (unpaired) electrons. The van der Waals surface area contributed by atoms with E-state index in [1.54, 1.807) is 0 Å². The number of nitrogens with one attached hydrogen (secondary N) is 3. The number of nitrogens with zero attached hydrogens (tertiary/aromatic N) is 4. The fourth-order valence-electron chi connectivity index (χ4n) is 7.42. The Morgan fingerprint density at radius 2 is 1.16 bits per heavy atom. The van der Waals surface area contributed by atoms with Crippen molar-refractivity contribution in [2.75, 3.05) is 0 Å². The van der Waals surface area contributed by atoms with Crippen molar-refractivity contribution in [1.82, 2.24) is 24.9 Å². The van der Waals surface area contributed by atoms with Crippen LogP contribution in [0.4, 0.5) is 0 Å². The van der Waals surface area contributed by atoms with Crippen molar-refractivity contribution in [3.63, 3.8) is 0 Å². The highest BCUT2D eigenvalue weighted by Crippen LogP contribution is 2.37. The summed E-state index contributed by atoms with van der Waals surface area (Å²) in [6, 6.07) is 32.4. The van der Waals surface area contributed by atoms with Crippen LogP contribution < -0.4 is 0 Å². The first kappa shape index (κ1) is 31.6. The number of aromatic amines is 3. The van der Waals surface area contributed by atoms with Crippen LogP contribution in [0.25, 0.3) is 78.7 Å². The highest BCUT2D eigenvalue weighted by atomic mass is 14.8. The molecule has 4 aromatic heterocycles. The third-order valence-corrected chi connectivity index (χ3v) is 10.0. The highest BCUT2D eigenvalue weighted by Gasteiger charge is 2.20. The fourth-order valence-corrected chi connectivity index (χ4v) is 7.42. The summed E-state index contributed by atoms with van der Waals surface area (Å²) in [5.41, 5.74) is 19.2. The van der Waals surface area contributed by atoms with Crippen LogP contribution in [0.1, 0.15) is 72.2 Å². The largest absolute Gasteiger partial charge is 0.355 e. The summed E-state index contributed by atoms with van der Waals surface area (Å²) in [5, 5.41) is 19.0. The molecule has 0 unspecified atom stereocenters. The zero-order valence-electron chi connectivity index (χ0n) is 28.9. The lowest BCUT2D eigenvalue weighted by Crippen LogP contribution is -1.88. The molecule has 8 rings (SSSR count). The zero-order chi connectivity index (χ0) is 35.2. The van der Waals surface area contributed by atoms with E-state index < -0.39 is 0 Å². The molecular formula is C44H35N7. The number of benzene rings is 2. The number of nitriles is 2. The Morgan fingerprint density at radius 3 is 1.67 bits per heavy atom. The Labute approximate surface area is 296 Å². The SMILES string of the molecule is CCC1=C(C)c2nc1cc1ccc([nH]1)c(-c1ccc(C#N)cc1)c1nc(c(-c3ccc(C#N)cc3)c3ccc(cc4[nH]c2c(C)c4CC)[nH]3)C=C1. The van der Waals surface area contributed by atoms with Gasteiger partial charge in [-0.15, -0.1) is 0 Å². The number of allylic oxidation sites excluding steroid dienone is 2. The van der Waals surface area contributed by atoms with Gasteiger partial charge in [0.2, 0.25) is 0 Å². The second-order valence-corrected chi connectivity index (χ2v) is 13.0. The maximum atomic E-state index is 9.52. The summed E-state index contributed by atoms with van der Waals surface area (Å²) in [4.78, 5) is 21.6. The van der Waals surface area contributed by atoms with Crippen LogP contribution in [0.5, 0.6) is 0 Å². The summed E-state index contributed by atoms with van der Waals surface area (Å²) < 4.78 is 0. The van der Waals surface area contributed by atoms with Crippen LogP contribution in [0.2, 0.25) is 0 Å². The van der Waals surface area contributed by atoms with Gasteiger partial charge in [0.15, 0.2) is 0 Å². The van der Waals surface area contributed by atoms with Gasteiger partial charge in [-0.05, 0) is 133 Å². The molecule has 10 bridgehead atoms. The lowest BCUT2D eigenvalue weighted by atomic mass is 10.0. The van der Waals surface area contributed by atoms with E-state index in [-0.39, 0.29) is 0 Å². The number of aromatic nitrogens is 5.